The molecule has 1 aliphatic heterocycles. The fourth-order valence-corrected chi connectivity index (χ4v) is 3.28. The standard InChI is InChI=1S/C19H26N4/c1-5-6-11-22(4)18-13-19(21-15(3)20-18)23-14(2)12-16-9-7-8-10-17(16)23/h7-10,13-14H,5-6,11-12H2,1-4H3. The Balaban J connectivity index is 1.95. The van der Waals surface area contributed by atoms with Crippen LogP contribution in [0.15, 0.2) is 30.3 Å². The summed E-state index contributed by atoms with van der Waals surface area (Å²) in [5.74, 6) is 2.85. The van der Waals surface area contributed by atoms with E-state index in [0.29, 0.717) is 6.04 Å². The lowest BCUT2D eigenvalue weighted by atomic mass is 10.1. The number of hydrogen-bond donors (Lipinski definition) is 0. The summed E-state index contributed by atoms with van der Waals surface area (Å²) < 4.78 is 0. The molecular formula is C19H26N4. The Morgan fingerprint density at radius 2 is 2.04 bits per heavy atom. The zero-order valence-electron chi connectivity index (χ0n) is 14.6. The Bertz CT molecular complexity index is 683. The Kier molecular flexibility index (Phi) is 4.51. The summed E-state index contributed by atoms with van der Waals surface area (Å²) in [6.07, 6.45) is 3.44. The summed E-state index contributed by atoms with van der Waals surface area (Å²) in [6, 6.07) is 11.2. The average Bonchev–Trinajstić information content (AvgIpc) is 2.87. The quantitative estimate of drug-likeness (QED) is 0.832. The third-order valence-corrected chi connectivity index (χ3v) is 4.50. The van der Waals surface area contributed by atoms with Gasteiger partial charge in [-0.05, 0) is 38.3 Å². The molecule has 4 heteroatoms. The Labute approximate surface area is 139 Å². The number of para-hydroxylation sites is 1. The largest absolute Gasteiger partial charge is 0.360 e. The molecule has 0 amide bonds. The third-order valence-electron chi connectivity index (χ3n) is 4.50. The first-order valence-corrected chi connectivity index (χ1v) is 8.54. The number of nitrogens with zero attached hydrogens (tertiary/aromatic N) is 4. The number of unbranched alkanes of at least 4 members (excludes halogenated alkanes) is 1. The van der Waals surface area contributed by atoms with Crippen molar-refractivity contribution in [3.05, 3.63) is 41.7 Å². The van der Waals surface area contributed by atoms with Crippen molar-refractivity contribution in [3.63, 3.8) is 0 Å². The van der Waals surface area contributed by atoms with E-state index in [1.165, 1.54) is 24.1 Å². The predicted octanol–water partition coefficient (Wildman–Crippen LogP) is 4.10. The van der Waals surface area contributed by atoms with Gasteiger partial charge in [0.2, 0.25) is 0 Å². The van der Waals surface area contributed by atoms with Gasteiger partial charge in [0.25, 0.3) is 0 Å². The second kappa shape index (κ2) is 6.57. The van der Waals surface area contributed by atoms with Crippen LogP contribution in [-0.2, 0) is 6.42 Å². The number of hydrogen-bond acceptors (Lipinski definition) is 4. The van der Waals surface area contributed by atoms with Gasteiger partial charge in [0.15, 0.2) is 0 Å². The Morgan fingerprint density at radius 1 is 1.26 bits per heavy atom. The highest BCUT2D eigenvalue weighted by atomic mass is 15.3. The third kappa shape index (κ3) is 3.16. The molecule has 1 aromatic carbocycles. The van der Waals surface area contributed by atoms with Crippen molar-refractivity contribution in [2.45, 2.75) is 46.1 Å². The first-order valence-electron chi connectivity index (χ1n) is 8.54. The van der Waals surface area contributed by atoms with Crippen LogP contribution >= 0.6 is 0 Å². The maximum absolute atomic E-state index is 4.72. The Morgan fingerprint density at radius 3 is 2.83 bits per heavy atom. The first-order chi connectivity index (χ1) is 11.1. The van der Waals surface area contributed by atoms with E-state index in [1.807, 2.05) is 6.92 Å². The number of aromatic nitrogens is 2. The number of anilines is 3. The molecule has 0 spiro atoms. The molecule has 2 heterocycles. The lowest BCUT2D eigenvalue weighted by Gasteiger charge is -2.26. The lowest BCUT2D eigenvalue weighted by Crippen LogP contribution is -2.26. The maximum Gasteiger partial charge on any atom is 0.139 e. The lowest BCUT2D eigenvalue weighted by molar-refractivity contribution is 0.738. The van der Waals surface area contributed by atoms with Gasteiger partial charge in [-0.3, -0.25) is 0 Å². The molecular weight excluding hydrogens is 284 g/mol. The molecule has 1 aliphatic rings. The van der Waals surface area contributed by atoms with Gasteiger partial charge in [0, 0.05) is 31.4 Å². The molecule has 3 rings (SSSR count). The van der Waals surface area contributed by atoms with Gasteiger partial charge in [0.1, 0.15) is 17.5 Å². The molecule has 122 valence electrons. The van der Waals surface area contributed by atoms with Crippen LogP contribution in [0.3, 0.4) is 0 Å². The second-order valence-electron chi connectivity index (χ2n) is 6.46. The van der Waals surface area contributed by atoms with Crippen LogP contribution in [0.1, 0.15) is 38.1 Å². The van der Waals surface area contributed by atoms with Crippen molar-refractivity contribution < 1.29 is 0 Å². The minimum absolute atomic E-state index is 0.426. The van der Waals surface area contributed by atoms with Gasteiger partial charge in [0.05, 0.1) is 0 Å². The van der Waals surface area contributed by atoms with E-state index in [2.05, 4.69) is 66.0 Å². The van der Waals surface area contributed by atoms with Crippen LogP contribution in [0.5, 0.6) is 0 Å². The molecule has 1 aromatic heterocycles. The van der Waals surface area contributed by atoms with Gasteiger partial charge >= 0.3 is 0 Å². The highest BCUT2D eigenvalue weighted by Gasteiger charge is 2.28. The molecule has 0 fully saturated rings. The van der Waals surface area contributed by atoms with Crippen LogP contribution in [0.4, 0.5) is 17.3 Å². The van der Waals surface area contributed by atoms with Crippen molar-refractivity contribution in [1.29, 1.82) is 0 Å². The van der Waals surface area contributed by atoms with Crippen molar-refractivity contribution in [3.8, 4) is 0 Å². The topological polar surface area (TPSA) is 32.3 Å². The van der Waals surface area contributed by atoms with Crippen LogP contribution in [0.25, 0.3) is 0 Å². The fourth-order valence-electron chi connectivity index (χ4n) is 3.28. The monoisotopic (exact) mass is 310 g/mol. The molecule has 0 bridgehead atoms. The second-order valence-corrected chi connectivity index (χ2v) is 6.46. The maximum atomic E-state index is 4.72. The van der Waals surface area contributed by atoms with Crippen molar-refractivity contribution in [2.24, 2.45) is 0 Å². The van der Waals surface area contributed by atoms with Gasteiger partial charge in [-0.1, -0.05) is 31.5 Å². The van der Waals surface area contributed by atoms with Gasteiger partial charge in [-0.2, -0.15) is 0 Å². The number of aryl methyl sites for hydroxylation is 1. The van der Waals surface area contributed by atoms with E-state index < -0.39 is 0 Å². The van der Waals surface area contributed by atoms with E-state index in [0.717, 1.165) is 30.4 Å². The van der Waals surface area contributed by atoms with Crippen LogP contribution in [0, 0.1) is 6.92 Å². The summed E-state index contributed by atoms with van der Waals surface area (Å²) in [4.78, 5) is 13.9. The van der Waals surface area contributed by atoms with E-state index in [4.69, 9.17) is 4.98 Å². The summed E-state index contributed by atoms with van der Waals surface area (Å²) in [5, 5.41) is 0. The van der Waals surface area contributed by atoms with Crippen molar-refractivity contribution in [2.75, 3.05) is 23.4 Å². The normalized spacial score (nSPS) is 16.5. The fraction of sp³-hybridized carbons (Fsp3) is 0.474. The van der Waals surface area contributed by atoms with E-state index >= 15 is 0 Å². The molecule has 4 nitrogen and oxygen atoms in total. The number of rotatable bonds is 5. The number of fused-ring (bicyclic) bond motifs is 1. The molecule has 0 N–H and O–H groups in total. The first kappa shape index (κ1) is 15.8. The number of benzene rings is 1. The minimum Gasteiger partial charge on any atom is -0.360 e. The SMILES string of the molecule is CCCCN(C)c1cc(N2c3ccccc3CC2C)nc(C)n1. The van der Waals surface area contributed by atoms with Gasteiger partial charge < -0.3 is 9.80 Å². The molecule has 0 aliphatic carbocycles. The minimum atomic E-state index is 0.426. The molecule has 1 unspecified atom stereocenters. The highest BCUT2D eigenvalue weighted by Crippen LogP contribution is 2.37. The van der Waals surface area contributed by atoms with Crippen LogP contribution in [-0.4, -0.2) is 29.6 Å². The van der Waals surface area contributed by atoms with Gasteiger partial charge in [-0.25, -0.2) is 9.97 Å². The summed E-state index contributed by atoms with van der Waals surface area (Å²) in [7, 11) is 2.11. The van der Waals surface area contributed by atoms with Crippen LogP contribution < -0.4 is 9.80 Å². The molecule has 2 aromatic rings. The van der Waals surface area contributed by atoms with E-state index in [9.17, 15) is 0 Å². The molecule has 1 atom stereocenters. The summed E-state index contributed by atoms with van der Waals surface area (Å²) >= 11 is 0. The van der Waals surface area contributed by atoms with Gasteiger partial charge in [-0.15, -0.1) is 0 Å². The van der Waals surface area contributed by atoms with E-state index in [-0.39, 0.29) is 0 Å². The van der Waals surface area contributed by atoms with Crippen LogP contribution in [0.2, 0.25) is 0 Å². The van der Waals surface area contributed by atoms with Crippen molar-refractivity contribution in [1.82, 2.24) is 9.97 Å². The van der Waals surface area contributed by atoms with E-state index in [1.54, 1.807) is 0 Å². The Hall–Kier alpha value is -2.10. The highest BCUT2D eigenvalue weighted by molar-refractivity contribution is 5.70. The molecule has 0 saturated carbocycles. The summed E-state index contributed by atoms with van der Waals surface area (Å²) in [5.41, 5.74) is 2.68. The molecule has 0 radical (unpaired) electrons. The summed E-state index contributed by atoms with van der Waals surface area (Å²) in [6.45, 7) is 7.48. The molecule has 23 heavy (non-hydrogen) atoms. The smallest absolute Gasteiger partial charge is 0.139 e. The zero-order valence-corrected chi connectivity index (χ0v) is 14.6. The molecule has 0 saturated heterocycles. The van der Waals surface area contributed by atoms with Crippen molar-refractivity contribution >= 4 is 17.3 Å². The zero-order chi connectivity index (χ0) is 16.4. The predicted molar refractivity (Wildman–Crippen MR) is 96.7 cm³/mol. The average molecular weight is 310 g/mol.